The molecule has 0 saturated heterocycles. The second kappa shape index (κ2) is 3.64. The molecule has 3 N–H and O–H groups in total. The number of aliphatic hydroxyl groups is 3. The number of carbonyl (C=O) groups excluding carboxylic acids is 2. The van der Waals surface area contributed by atoms with Crippen LogP contribution in [0.1, 0.15) is 12.8 Å². The van der Waals surface area contributed by atoms with Gasteiger partial charge in [0.05, 0.1) is 13.2 Å². The van der Waals surface area contributed by atoms with Crippen molar-refractivity contribution in [1.82, 2.24) is 0 Å². The summed E-state index contributed by atoms with van der Waals surface area (Å²) in [5, 5.41) is 27.9. The molecule has 3 atom stereocenters. The van der Waals surface area contributed by atoms with Gasteiger partial charge >= 0.3 is 5.97 Å². The van der Waals surface area contributed by atoms with Crippen LogP contribution in [-0.2, 0) is 14.3 Å². The van der Waals surface area contributed by atoms with E-state index in [2.05, 4.69) is 4.74 Å². The van der Waals surface area contributed by atoms with Crippen molar-refractivity contribution in [3.05, 3.63) is 0 Å². The van der Waals surface area contributed by atoms with Crippen LogP contribution in [0.15, 0.2) is 0 Å². The molecule has 0 aliphatic heterocycles. The molecular formula is C8H12O6. The number of esters is 1. The smallest absolute Gasteiger partial charge is 0.338 e. The summed E-state index contributed by atoms with van der Waals surface area (Å²) < 4.78 is 4.29. The van der Waals surface area contributed by atoms with Gasteiger partial charge in [0.25, 0.3) is 0 Å². The summed E-state index contributed by atoms with van der Waals surface area (Å²) in [7, 11) is 1.07. The molecule has 80 valence electrons. The van der Waals surface area contributed by atoms with Gasteiger partial charge in [-0.05, 0) is 0 Å². The summed E-state index contributed by atoms with van der Waals surface area (Å²) in [5.74, 6) is -1.74. The lowest BCUT2D eigenvalue weighted by Crippen LogP contribution is -2.54. The van der Waals surface area contributed by atoms with Crippen molar-refractivity contribution >= 4 is 11.8 Å². The Morgan fingerprint density at radius 1 is 1.57 bits per heavy atom. The number of Topliss-reactive ketones (excluding diaryl/α,β-unsaturated/α-hetero) is 1. The number of methoxy groups -OCH3 is 1. The van der Waals surface area contributed by atoms with Crippen molar-refractivity contribution in [3.63, 3.8) is 0 Å². The Labute approximate surface area is 80.1 Å². The number of aliphatic hydroxyl groups excluding tert-OH is 2. The lowest BCUT2D eigenvalue weighted by atomic mass is 9.81. The molecule has 14 heavy (non-hydrogen) atoms. The third-order valence-corrected chi connectivity index (χ3v) is 2.27. The van der Waals surface area contributed by atoms with Gasteiger partial charge in [0, 0.05) is 12.8 Å². The van der Waals surface area contributed by atoms with Crippen molar-refractivity contribution in [2.45, 2.75) is 30.7 Å². The van der Waals surface area contributed by atoms with Crippen LogP contribution in [0.4, 0.5) is 0 Å². The number of hydrogen-bond acceptors (Lipinski definition) is 6. The zero-order valence-corrected chi connectivity index (χ0v) is 7.64. The molecule has 0 aromatic rings. The highest BCUT2D eigenvalue weighted by atomic mass is 16.5. The summed E-state index contributed by atoms with van der Waals surface area (Å²) in [6.45, 7) is 0. The summed E-state index contributed by atoms with van der Waals surface area (Å²) in [6.07, 6.45) is -3.88. The summed E-state index contributed by atoms with van der Waals surface area (Å²) in [6, 6.07) is 0. The van der Waals surface area contributed by atoms with Crippen LogP contribution in [0.25, 0.3) is 0 Å². The van der Waals surface area contributed by atoms with E-state index in [-0.39, 0.29) is 0 Å². The zero-order valence-electron chi connectivity index (χ0n) is 7.64. The molecule has 6 heteroatoms. The molecule has 0 radical (unpaired) electrons. The number of ether oxygens (including phenoxy) is 1. The Hall–Kier alpha value is -0.980. The molecule has 6 nitrogen and oxygen atoms in total. The van der Waals surface area contributed by atoms with Gasteiger partial charge in [0.1, 0.15) is 6.10 Å². The Morgan fingerprint density at radius 3 is 2.57 bits per heavy atom. The van der Waals surface area contributed by atoms with E-state index in [1.165, 1.54) is 0 Å². The molecule has 0 aromatic carbocycles. The van der Waals surface area contributed by atoms with Crippen LogP contribution < -0.4 is 0 Å². The second-order valence-electron chi connectivity index (χ2n) is 3.38. The standard InChI is InChI=1S/C8H12O6/c1-14-7(12)8(13)2-4(9)6(11)5(10)3-8/h4,6,9,11,13H,2-3H2,1H3. The normalized spacial score (nSPS) is 38.1. The van der Waals surface area contributed by atoms with Crippen molar-refractivity contribution < 1.29 is 29.6 Å². The Balaban J connectivity index is 2.84. The first-order chi connectivity index (χ1) is 6.40. The van der Waals surface area contributed by atoms with E-state index >= 15 is 0 Å². The largest absolute Gasteiger partial charge is 0.467 e. The van der Waals surface area contributed by atoms with Crippen LogP contribution in [0.5, 0.6) is 0 Å². The van der Waals surface area contributed by atoms with Gasteiger partial charge in [0.15, 0.2) is 11.4 Å². The molecule has 0 aromatic heterocycles. The summed E-state index contributed by atoms with van der Waals surface area (Å²) in [4.78, 5) is 22.1. The Morgan fingerprint density at radius 2 is 2.14 bits per heavy atom. The van der Waals surface area contributed by atoms with Crippen LogP contribution in [0, 0.1) is 0 Å². The predicted octanol–water partition coefficient (Wildman–Crippen LogP) is -2.02. The SMILES string of the molecule is COC(=O)C1(O)CC(=O)C(O)C(O)C1. The van der Waals surface area contributed by atoms with E-state index in [1.54, 1.807) is 0 Å². The average molecular weight is 204 g/mol. The molecule has 1 rings (SSSR count). The Bertz CT molecular complexity index is 263. The second-order valence-corrected chi connectivity index (χ2v) is 3.38. The number of carbonyl (C=O) groups is 2. The number of hydrogen-bond donors (Lipinski definition) is 3. The van der Waals surface area contributed by atoms with Crippen LogP contribution in [0.2, 0.25) is 0 Å². The van der Waals surface area contributed by atoms with E-state index < -0.39 is 42.4 Å². The van der Waals surface area contributed by atoms with Crippen molar-refractivity contribution in [2.75, 3.05) is 7.11 Å². The minimum absolute atomic E-state index is 0.396. The topological polar surface area (TPSA) is 104 Å². The van der Waals surface area contributed by atoms with E-state index in [0.29, 0.717) is 0 Å². The van der Waals surface area contributed by atoms with Crippen molar-refractivity contribution in [2.24, 2.45) is 0 Å². The molecule has 1 fully saturated rings. The predicted molar refractivity (Wildman–Crippen MR) is 43.2 cm³/mol. The monoisotopic (exact) mass is 204 g/mol. The third kappa shape index (κ3) is 1.77. The third-order valence-electron chi connectivity index (χ3n) is 2.27. The van der Waals surface area contributed by atoms with Gasteiger partial charge < -0.3 is 20.1 Å². The van der Waals surface area contributed by atoms with Gasteiger partial charge in [-0.1, -0.05) is 0 Å². The summed E-state index contributed by atoms with van der Waals surface area (Å²) in [5.41, 5.74) is -2.01. The molecule has 0 heterocycles. The van der Waals surface area contributed by atoms with E-state index in [4.69, 9.17) is 5.11 Å². The highest BCUT2D eigenvalue weighted by molar-refractivity contribution is 5.92. The molecule has 3 unspecified atom stereocenters. The van der Waals surface area contributed by atoms with Gasteiger partial charge in [-0.2, -0.15) is 0 Å². The summed E-state index contributed by atoms with van der Waals surface area (Å²) >= 11 is 0. The molecular weight excluding hydrogens is 192 g/mol. The highest BCUT2D eigenvalue weighted by Gasteiger charge is 2.49. The molecule has 1 aliphatic carbocycles. The first-order valence-corrected chi connectivity index (χ1v) is 4.10. The lowest BCUT2D eigenvalue weighted by molar-refractivity contribution is -0.179. The molecule has 0 spiro atoms. The highest BCUT2D eigenvalue weighted by Crippen LogP contribution is 2.27. The first kappa shape index (κ1) is 11.1. The van der Waals surface area contributed by atoms with E-state index in [1.807, 2.05) is 0 Å². The number of rotatable bonds is 1. The van der Waals surface area contributed by atoms with Crippen LogP contribution in [0.3, 0.4) is 0 Å². The first-order valence-electron chi connectivity index (χ1n) is 4.10. The minimum atomic E-state index is -2.01. The fourth-order valence-corrected chi connectivity index (χ4v) is 1.48. The van der Waals surface area contributed by atoms with Crippen molar-refractivity contribution in [1.29, 1.82) is 0 Å². The maximum absolute atomic E-state index is 11.1. The van der Waals surface area contributed by atoms with Gasteiger partial charge in [-0.15, -0.1) is 0 Å². The van der Waals surface area contributed by atoms with Crippen LogP contribution >= 0.6 is 0 Å². The maximum Gasteiger partial charge on any atom is 0.338 e. The number of ketones is 1. The molecule has 0 bridgehead atoms. The van der Waals surface area contributed by atoms with Gasteiger partial charge in [-0.3, -0.25) is 4.79 Å². The Kier molecular flexibility index (Phi) is 2.89. The zero-order chi connectivity index (χ0) is 10.9. The minimum Gasteiger partial charge on any atom is -0.467 e. The lowest BCUT2D eigenvalue weighted by Gasteiger charge is -2.33. The molecule has 1 aliphatic rings. The van der Waals surface area contributed by atoms with Gasteiger partial charge in [0.2, 0.25) is 0 Å². The fraction of sp³-hybridized carbons (Fsp3) is 0.750. The molecule has 1 saturated carbocycles. The quantitative estimate of drug-likeness (QED) is 0.426. The molecule has 0 amide bonds. The van der Waals surface area contributed by atoms with E-state index in [9.17, 15) is 19.8 Å². The fourth-order valence-electron chi connectivity index (χ4n) is 1.48. The average Bonchev–Trinajstić information content (AvgIpc) is 2.12. The van der Waals surface area contributed by atoms with Crippen molar-refractivity contribution in [3.8, 4) is 0 Å². The maximum atomic E-state index is 11.1. The van der Waals surface area contributed by atoms with Gasteiger partial charge in [-0.25, -0.2) is 4.79 Å². The van der Waals surface area contributed by atoms with E-state index in [0.717, 1.165) is 7.11 Å². The van der Waals surface area contributed by atoms with Crippen LogP contribution in [-0.4, -0.2) is 52.0 Å².